The Kier molecular flexibility index (Phi) is 6.55. The van der Waals surface area contributed by atoms with Crippen molar-refractivity contribution in [3.63, 3.8) is 0 Å². The van der Waals surface area contributed by atoms with Crippen LogP contribution in [-0.4, -0.2) is 37.1 Å². The van der Waals surface area contributed by atoms with E-state index in [1.165, 1.54) is 38.8 Å². The largest absolute Gasteiger partial charge is 0.316 e. The van der Waals surface area contributed by atoms with Crippen molar-refractivity contribution < 1.29 is 0 Å². The fourth-order valence-corrected chi connectivity index (χ4v) is 3.50. The predicted octanol–water partition coefficient (Wildman–Crippen LogP) is 3.64. The molecule has 0 amide bonds. The van der Waals surface area contributed by atoms with E-state index in [1.807, 2.05) is 0 Å². The van der Waals surface area contributed by atoms with Crippen molar-refractivity contribution in [2.24, 2.45) is 0 Å². The van der Waals surface area contributed by atoms with Crippen molar-refractivity contribution in [3.8, 4) is 0 Å². The number of rotatable bonds is 7. The Morgan fingerprint density at radius 2 is 1.75 bits per heavy atom. The fourth-order valence-electron chi connectivity index (χ4n) is 3.50. The minimum Gasteiger partial charge on any atom is -0.316 e. The second kappa shape index (κ2) is 8.43. The summed E-state index contributed by atoms with van der Waals surface area (Å²) >= 11 is 0. The Balaban J connectivity index is 1.80. The van der Waals surface area contributed by atoms with Gasteiger partial charge in [-0.3, -0.25) is 4.90 Å². The second-order valence-electron chi connectivity index (χ2n) is 5.90. The van der Waals surface area contributed by atoms with E-state index in [9.17, 15) is 0 Å². The molecule has 1 fully saturated rings. The zero-order valence-corrected chi connectivity index (χ0v) is 13.1. The summed E-state index contributed by atoms with van der Waals surface area (Å²) in [5, 5.41) is 3.45. The lowest BCUT2D eigenvalue weighted by molar-refractivity contribution is 0.157. The summed E-state index contributed by atoms with van der Waals surface area (Å²) in [4.78, 5) is 2.67. The molecule has 0 spiro atoms. The third kappa shape index (κ3) is 4.32. The van der Waals surface area contributed by atoms with Gasteiger partial charge in [-0.25, -0.2) is 0 Å². The molecule has 0 bridgehead atoms. The van der Waals surface area contributed by atoms with Crippen LogP contribution in [0.25, 0.3) is 0 Å². The van der Waals surface area contributed by atoms with Gasteiger partial charge in [0.15, 0.2) is 0 Å². The highest BCUT2D eigenvalue weighted by Gasteiger charge is 2.25. The lowest BCUT2D eigenvalue weighted by atomic mass is 9.81. The van der Waals surface area contributed by atoms with Gasteiger partial charge in [0, 0.05) is 19.1 Å². The van der Waals surface area contributed by atoms with Crippen LogP contribution < -0.4 is 5.32 Å². The molecular weight excluding hydrogens is 244 g/mol. The first-order chi connectivity index (χ1) is 9.85. The van der Waals surface area contributed by atoms with Crippen molar-refractivity contribution in [3.05, 3.63) is 35.9 Å². The fraction of sp³-hybridized carbons (Fsp3) is 0.667. The Hall–Kier alpha value is -0.860. The number of benzene rings is 1. The summed E-state index contributed by atoms with van der Waals surface area (Å²) in [6.07, 6.45) is 5.43. The van der Waals surface area contributed by atoms with Gasteiger partial charge >= 0.3 is 0 Å². The third-order valence-corrected chi connectivity index (χ3v) is 4.72. The summed E-state index contributed by atoms with van der Waals surface area (Å²) in [5.74, 6) is 0.792. The van der Waals surface area contributed by atoms with Crippen LogP contribution in [0.5, 0.6) is 0 Å². The average Bonchev–Trinajstić information content (AvgIpc) is 2.53. The normalized spacial score (nSPS) is 23.1. The van der Waals surface area contributed by atoms with Crippen molar-refractivity contribution in [1.29, 1.82) is 0 Å². The molecule has 0 unspecified atom stereocenters. The summed E-state index contributed by atoms with van der Waals surface area (Å²) < 4.78 is 0. The molecule has 1 N–H and O–H groups in total. The van der Waals surface area contributed by atoms with Gasteiger partial charge in [0.1, 0.15) is 0 Å². The summed E-state index contributed by atoms with van der Waals surface area (Å²) in [6.45, 7) is 9.08. The molecule has 1 aromatic carbocycles. The van der Waals surface area contributed by atoms with Gasteiger partial charge in [-0.15, -0.1) is 0 Å². The number of likely N-dealkylation sites (N-methyl/N-ethyl adjacent to an activating group) is 2. The van der Waals surface area contributed by atoms with Crippen LogP contribution in [0.1, 0.15) is 51.0 Å². The molecule has 0 atom stereocenters. The maximum Gasteiger partial charge on any atom is 0.0110 e. The molecule has 0 aromatic heterocycles. The predicted molar refractivity (Wildman–Crippen MR) is 87.2 cm³/mol. The first-order valence-electron chi connectivity index (χ1n) is 8.34. The first-order valence-corrected chi connectivity index (χ1v) is 8.34. The van der Waals surface area contributed by atoms with Crippen LogP contribution in [0.4, 0.5) is 0 Å². The van der Waals surface area contributed by atoms with E-state index in [-0.39, 0.29) is 0 Å². The zero-order chi connectivity index (χ0) is 14.2. The molecule has 1 aliphatic carbocycles. The van der Waals surface area contributed by atoms with Gasteiger partial charge < -0.3 is 5.32 Å². The van der Waals surface area contributed by atoms with E-state index in [1.54, 1.807) is 5.56 Å². The van der Waals surface area contributed by atoms with E-state index in [2.05, 4.69) is 54.4 Å². The summed E-state index contributed by atoms with van der Waals surface area (Å²) in [5.41, 5.74) is 1.54. The van der Waals surface area contributed by atoms with Crippen LogP contribution in [0.15, 0.2) is 30.3 Å². The molecule has 2 nitrogen and oxygen atoms in total. The van der Waals surface area contributed by atoms with Crippen LogP contribution in [0.2, 0.25) is 0 Å². The Morgan fingerprint density at radius 3 is 2.35 bits per heavy atom. The molecule has 0 aliphatic heterocycles. The van der Waals surface area contributed by atoms with Crippen molar-refractivity contribution in [2.45, 2.75) is 51.5 Å². The summed E-state index contributed by atoms with van der Waals surface area (Å²) in [6, 6.07) is 11.9. The lowest BCUT2D eigenvalue weighted by Gasteiger charge is -2.36. The number of hydrogen-bond donors (Lipinski definition) is 1. The van der Waals surface area contributed by atoms with E-state index in [0.717, 1.165) is 25.0 Å². The maximum atomic E-state index is 3.45. The highest BCUT2D eigenvalue weighted by molar-refractivity contribution is 5.20. The van der Waals surface area contributed by atoms with Crippen molar-refractivity contribution >= 4 is 0 Å². The van der Waals surface area contributed by atoms with Crippen molar-refractivity contribution in [1.82, 2.24) is 10.2 Å². The molecule has 1 aromatic rings. The van der Waals surface area contributed by atoms with Gasteiger partial charge in [0.05, 0.1) is 0 Å². The SMILES string of the molecule is CCNCCN(CC)C1CCC(c2ccccc2)CC1. The standard InChI is InChI=1S/C18H30N2/c1-3-19-14-15-20(4-2)18-12-10-17(11-13-18)16-8-6-5-7-9-16/h5-9,17-19H,3-4,10-15H2,1-2H3. The molecule has 0 saturated heterocycles. The van der Waals surface area contributed by atoms with Crippen LogP contribution in [0.3, 0.4) is 0 Å². The molecule has 0 radical (unpaired) electrons. The molecule has 1 aliphatic rings. The average molecular weight is 274 g/mol. The molecule has 112 valence electrons. The zero-order valence-electron chi connectivity index (χ0n) is 13.1. The summed E-state index contributed by atoms with van der Waals surface area (Å²) in [7, 11) is 0. The monoisotopic (exact) mass is 274 g/mol. The van der Waals surface area contributed by atoms with Crippen LogP contribution in [0, 0.1) is 0 Å². The molecule has 1 saturated carbocycles. The molecular formula is C18H30N2. The maximum absolute atomic E-state index is 3.45. The quantitative estimate of drug-likeness (QED) is 0.764. The second-order valence-corrected chi connectivity index (χ2v) is 5.90. The van der Waals surface area contributed by atoms with E-state index < -0.39 is 0 Å². The van der Waals surface area contributed by atoms with Gasteiger partial charge in [0.25, 0.3) is 0 Å². The molecule has 0 heterocycles. The molecule has 2 heteroatoms. The third-order valence-electron chi connectivity index (χ3n) is 4.72. The Bertz CT molecular complexity index is 355. The lowest BCUT2D eigenvalue weighted by Crippen LogP contribution is -2.41. The van der Waals surface area contributed by atoms with E-state index in [4.69, 9.17) is 0 Å². The number of hydrogen-bond acceptors (Lipinski definition) is 2. The highest BCUT2D eigenvalue weighted by Crippen LogP contribution is 2.34. The van der Waals surface area contributed by atoms with Gasteiger partial charge in [-0.1, -0.05) is 44.2 Å². The number of nitrogens with zero attached hydrogens (tertiary/aromatic N) is 1. The van der Waals surface area contributed by atoms with E-state index >= 15 is 0 Å². The van der Waals surface area contributed by atoms with Gasteiger partial charge in [0.2, 0.25) is 0 Å². The Morgan fingerprint density at radius 1 is 1.05 bits per heavy atom. The van der Waals surface area contributed by atoms with Crippen LogP contribution in [-0.2, 0) is 0 Å². The van der Waals surface area contributed by atoms with Gasteiger partial charge in [-0.05, 0) is 50.3 Å². The molecule has 20 heavy (non-hydrogen) atoms. The molecule has 2 rings (SSSR count). The van der Waals surface area contributed by atoms with E-state index in [0.29, 0.717) is 0 Å². The van der Waals surface area contributed by atoms with Crippen molar-refractivity contribution in [2.75, 3.05) is 26.2 Å². The smallest absolute Gasteiger partial charge is 0.0110 e. The Labute approximate surface area is 124 Å². The van der Waals surface area contributed by atoms with Gasteiger partial charge in [-0.2, -0.15) is 0 Å². The highest BCUT2D eigenvalue weighted by atomic mass is 15.2. The first kappa shape index (κ1) is 15.5. The topological polar surface area (TPSA) is 15.3 Å². The minimum absolute atomic E-state index is 0.792. The van der Waals surface area contributed by atoms with Crippen LogP contribution >= 0.6 is 0 Å². The number of nitrogens with one attached hydrogen (secondary N) is 1. The minimum atomic E-state index is 0.792.